The highest BCUT2D eigenvalue weighted by atomic mass is 16.2. The van der Waals surface area contributed by atoms with E-state index in [1.54, 1.807) is 12.4 Å². The van der Waals surface area contributed by atoms with Crippen LogP contribution in [0.3, 0.4) is 0 Å². The molecule has 4 nitrogen and oxygen atoms in total. The molecule has 4 heteroatoms. The number of pyridine rings is 1. The van der Waals surface area contributed by atoms with Gasteiger partial charge in [0.1, 0.15) is 0 Å². The molecule has 1 aromatic rings. The van der Waals surface area contributed by atoms with Gasteiger partial charge in [-0.1, -0.05) is 13.8 Å². The molecule has 1 aromatic heterocycles. The fourth-order valence-corrected chi connectivity index (χ4v) is 2.97. The summed E-state index contributed by atoms with van der Waals surface area (Å²) in [6.07, 6.45) is 9.15. The molecule has 0 radical (unpaired) electrons. The average Bonchev–Trinajstić information content (AvgIpc) is 2.52. The highest BCUT2D eigenvalue weighted by Gasteiger charge is 2.26. The van der Waals surface area contributed by atoms with Crippen molar-refractivity contribution in [3.8, 4) is 0 Å². The third-order valence-corrected chi connectivity index (χ3v) is 4.47. The van der Waals surface area contributed by atoms with Crippen LogP contribution in [0.1, 0.15) is 56.3 Å². The van der Waals surface area contributed by atoms with Gasteiger partial charge in [0.25, 0.3) is 5.91 Å². The van der Waals surface area contributed by atoms with E-state index in [1.807, 2.05) is 18.0 Å². The number of amides is 1. The zero-order chi connectivity index (χ0) is 15.2. The van der Waals surface area contributed by atoms with Crippen LogP contribution in [0.25, 0.3) is 0 Å². The SMILES string of the molecule is CCCNc1cnccc1C(=O)N(C)C1CCC(C)CC1. The summed E-state index contributed by atoms with van der Waals surface area (Å²) in [6.45, 7) is 5.27. The van der Waals surface area contributed by atoms with Crippen molar-refractivity contribution in [3.05, 3.63) is 24.0 Å². The molecular weight excluding hydrogens is 262 g/mol. The molecule has 0 atom stereocenters. The second-order valence-corrected chi connectivity index (χ2v) is 6.18. The van der Waals surface area contributed by atoms with Crippen LogP contribution in [-0.4, -0.2) is 35.4 Å². The lowest BCUT2D eigenvalue weighted by Crippen LogP contribution is -2.39. The van der Waals surface area contributed by atoms with Gasteiger partial charge in [0, 0.05) is 25.8 Å². The molecule has 0 spiro atoms. The molecule has 2 rings (SSSR count). The molecule has 0 unspecified atom stereocenters. The van der Waals surface area contributed by atoms with Gasteiger partial charge in [-0.25, -0.2) is 0 Å². The lowest BCUT2D eigenvalue weighted by molar-refractivity contribution is 0.0680. The molecule has 1 N–H and O–H groups in total. The van der Waals surface area contributed by atoms with Crippen molar-refractivity contribution in [1.82, 2.24) is 9.88 Å². The molecule has 1 aliphatic rings. The number of nitrogens with zero attached hydrogens (tertiary/aromatic N) is 2. The van der Waals surface area contributed by atoms with E-state index in [4.69, 9.17) is 0 Å². The maximum absolute atomic E-state index is 12.8. The minimum absolute atomic E-state index is 0.107. The summed E-state index contributed by atoms with van der Waals surface area (Å²) < 4.78 is 0. The topological polar surface area (TPSA) is 45.2 Å². The summed E-state index contributed by atoms with van der Waals surface area (Å²) in [5.41, 5.74) is 1.58. The fourth-order valence-electron chi connectivity index (χ4n) is 2.97. The quantitative estimate of drug-likeness (QED) is 0.901. The van der Waals surface area contributed by atoms with Crippen LogP contribution in [0.15, 0.2) is 18.5 Å². The second-order valence-electron chi connectivity index (χ2n) is 6.18. The summed E-state index contributed by atoms with van der Waals surface area (Å²) in [7, 11) is 1.94. The van der Waals surface area contributed by atoms with Crippen LogP contribution in [0.2, 0.25) is 0 Å². The Morgan fingerprint density at radius 1 is 1.38 bits per heavy atom. The Bertz CT molecular complexity index is 467. The predicted octanol–water partition coefficient (Wildman–Crippen LogP) is 3.55. The van der Waals surface area contributed by atoms with E-state index in [1.165, 1.54) is 12.8 Å². The van der Waals surface area contributed by atoms with Crippen LogP contribution >= 0.6 is 0 Å². The van der Waals surface area contributed by atoms with Crippen molar-refractivity contribution in [3.63, 3.8) is 0 Å². The van der Waals surface area contributed by atoms with Gasteiger partial charge in [-0.05, 0) is 44.1 Å². The summed E-state index contributed by atoms with van der Waals surface area (Å²) >= 11 is 0. The van der Waals surface area contributed by atoms with Crippen molar-refractivity contribution >= 4 is 11.6 Å². The van der Waals surface area contributed by atoms with Crippen LogP contribution < -0.4 is 5.32 Å². The molecule has 1 amide bonds. The first-order valence-electron chi connectivity index (χ1n) is 8.08. The molecule has 1 aliphatic carbocycles. The van der Waals surface area contributed by atoms with E-state index in [2.05, 4.69) is 24.1 Å². The number of anilines is 1. The Balaban J connectivity index is 2.08. The zero-order valence-electron chi connectivity index (χ0n) is 13.4. The number of hydrogen-bond donors (Lipinski definition) is 1. The summed E-state index contributed by atoms with van der Waals surface area (Å²) in [5, 5.41) is 3.30. The minimum atomic E-state index is 0.107. The van der Waals surface area contributed by atoms with Crippen molar-refractivity contribution in [2.45, 2.75) is 52.0 Å². The Morgan fingerprint density at radius 3 is 2.76 bits per heavy atom. The molecule has 0 aromatic carbocycles. The third-order valence-electron chi connectivity index (χ3n) is 4.47. The third kappa shape index (κ3) is 3.96. The van der Waals surface area contributed by atoms with E-state index in [0.29, 0.717) is 6.04 Å². The van der Waals surface area contributed by atoms with Crippen molar-refractivity contribution < 1.29 is 4.79 Å². The molecule has 0 bridgehead atoms. The lowest BCUT2D eigenvalue weighted by atomic mass is 9.86. The van der Waals surface area contributed by atoms with E-state index in [9.17, 15) is 4.79 Å². The van der Waals surface area contributed by atoms with Crippen LogP contribution in [0, 0.1) is 5.92 Å². The molecule has 1 fully saturated rings. The van der Waals surface area contributed by atoms with Crippen molar-refractivity contribution in [2.75, 3.05) is 18.9 Å². The Kier molecular flexibility index (Phi) is 5.59. The number of nitrogens with one attached hydrogen (secondary N) is 1. The maximum atomic E-state index is 12.8. The number of aromatic nitrogens is 1. The van der Waals surface area contributed by atoms with Crippen LogP contribution in [0.4, 0.5) is 5.69 Å². The first-order valence-corrected chi connectivity index (χ1v) is 8.08. The maximum Gasteiger partial charge on any atom is 0.256 e. The first kappa shape index (κ1) is 15.8. The summed E-state index contributed by atoms with van der Waals surface area (Å²) in [5.74, 6) is 0.906. The Morgan fingerprint density at radius 2 is 2.10 bits per heavy atom. The molecule has 1 heterocycles. The Hall–Kier alpha value is -1.58. The van der Waals surface area contributed by atoms with E-state index < -0.39 is 0 Å². The first-order chi connectivity index (χ1) is 10.1. The van der Waals surface area contributed by atoms with Gasteiger partial charge in [0.2, 0.25) is 0 Å². The summed E-state index contributed by atoms with van der Waals surface area (Å²) in [4.78, 5) is 18.8. The highest BCUT2D eigenvalue weighted by Crippen LogP contribution is 2.28. The molecular formula is C17H27N3O. The largest absolute Gasteiger partial charge is 0.383 e. The summed E-state index contributed by atoms with van der Waals surface area (Å²) in [6, 6.07) is 2.20. The standard InChI is InChI=1S/C17H27N3O/c1-4-10-19-16-12-18-11-9-15(16)17(21)20(3)14-7-5-13(2)6-8-14/h9,11-14,19H,4-8,10H2,1-3H3. The fraction of sp³-hybridized carbons (Fsp3) is 0.647. The lowest BCUT2D eigenvalue weighted by Gasteiger charge is -2.34. The average molecular weight is 289 g/mol. The van der Waals surface area contributed by atoms with Gasteiger partial charge in [0.05, 0.1) is 17.4 Å². The second kappa shape index (κ2) is 7.43. The molecule has 116 valence electrons. The van der Waals surface area contributed by atoms with Gasteiger partial charge >= 0.3 is 0 Å². The molecule has 0 aliphatic heterocycles. The zero-order valence-corrected chi connectivity index (χ0v) is 13.4. The van der Waals surface area contributed by atoms with E-state index >= 15 is 0 Å². The van der Waals surface area contributed by atoms with Gasteiger partial charge in [-0.3, -0.25) is 9.78 Å². The Labute approximate surface area is 127 Å². The number of hydrogen-bond acceptors (Lipinski definition) is 3. The van der Waals surface area contributed by atoms with Crippen LogP contribution in [0.5, 0.6) is 0 Å². The molecule has 0 saturated heterocycles. The normalized spacial score (nSPS) is 21.9. The van der Waals surface area contributed by atoms with Crippen molar-refractivity contribution in [1.29, 1.82) is 0 Å². The molecule has 1 saturated carbocycles. The molecule has 21 heavy (non-hydrogen) atoms. The van der Waals surface area contributed by atoms with Gasteiger partial charge in [-0.2, -0.15) is 0 Å². The van der Waals surface area contributed by atoms with Crippen molar-refractivity contribution in [2.24, 2.45) is 5.92 Å². The highest BCUT2D eigenvalue weighted by molar-refractivity contribution is 5.99. The van der Waals surface area contributed by atoms with E-state index in [0.717, 1.165) is 43.0 Å². The number of carbonyl (C=O) groups is 1. The minimum Gasteiger partial charge on any atom is -0.383 e. The number of carbonyl (C=O) groups excluding carboxylic acids is 1. The van der Waals surface area contributed by atoms with Gasteiger partial charge in [-0.15, -0.1) is 0 Å². The number of rotatable bonds is 5. The van der Waals surface area contributed by atoms with Crippen LogP contribution in [-0.2, 0) is 0 Å². The van der Waals surface area contributed by atoms with Gasteiger partial charge in [0.15, 0.2) is 0 Å². The predicted molar refractivity (Wildman–Crippen MR) is 86.5 cm³/mol. The smallest absolute Gasteiger partial charge is 0.256 e. The van der Waals surface area contributed by atoms with E-state index in [-0.39, 0.29) is 5.91 Å². The van der Waals surface area contributed by atoms with Gasteiger partial charge < -0.3 is 10.2 Å². The monoisotopic (exact) mass is 289 g/mol.